The summed E-state index contributed by atoms with van der Waals surface area (Å²) >= 11 is 1.30. The van der Waals surface area contributed by atoms with Gasteiger partial charge in [0.25, 0.3) is 5.91 Å². The molecule has 1 N–H and O–H groups in total. The zero-order valence-electron chi connectivity index (χ0n) is 15.8. The van der Waals surface area contributed by atoms with Gasteiger partial charge in [-0.15, -0.1) is 10.2 Å². The minimum Gasteiger partial charge on any atom is -0.497 e. The lowest BCUT2D eigenvalue weighted by Gasteiger charge is -2.16. The van der Waals surface area contributed by atoms with Crippen molar-refractivity contribution in [3.63, 3.8) is 0 Å². The molecule has 0 saturated heterocycles. The number of nitrogens with zero attached hydrogens (tertiary/aromatic N) is 2. The van der Waals surface area contributed by atoms with Crippen molar-refractivity contribution in [2.24, 2.45) is 0 Å². The molecule has 8 heteroatoms. The molecule has 2 aromatic carbocycles. The molecule has 0 radical (unpaired) electrons. The highest BCUT2D eigenvalue weighted by Crippen LogP contribution is 2.28. The number of anilines is 1. The molecule has 3 aromatic rings. The van der Waals surface area contributed by atoms with Gasteiger partial charge >= 0.3 is 0 Å². The molecule has 1 atom stereocenters. The summed E-state index contributed by atoms with van der Waals surface area (Å²) in [6, 6.07) is 14.6. The quantitative estimate of drug-likeness (QED) is 0.616. The van der Waals surface area contributed by atoms with Crippen LogP contribution in [0, 0.1) is 0 Å². The van der Waals surface area contributed by atoms with E-state index in [0.717, 1.165) is 17.1 Å². The summed E-state index contributed by atoms with van der Waals surface area (Å²) in [6.45, 7) is 1.89. The Bertz CT molecular complexity index is 910. The Kier molecular flexibility index (Phi) is 6.44. The molecule has 1 aromatic heterocycles. The van der Waals surface area contributed by atoms with Crippen molar-refractivity contribution in [1.29, 1.82) is 0 Å². The van der Waals surface area contributed by atoms with E-state index < -0.39 is 6.10 Å². The highest BCUT2D eigenvalue weighted by atomic mass is 32.1. The normalized spacial score (nSPS) is 11.5. The molecule has 7 nitrogen and oxygen atoms in total. The number of nitrogens with one attached hydrogen (secondary N) is 1. The standard InChI is InChI=1S/C20H21N3O4S/c1-4-17(27-16-11-9-15(26-3)10-12-16)18(24)21-20-23-22-19(28-20)13-5-7-14(25-2)8-6-13/h5-12,17H,4H2,1-3H3,(H,21,23,24). The third kappa shape index (κ3) is 4.77. The molecule has 0 aliphatic carbocycles. The summed E-state index contributed by atoms with van der Waals surface area (Å²) in [4.78, 5) is 12.6. The van der Waals surface area contributed by atoms with Gasteiger partial charge < -0.3 is 14.2 Å². The van der Waals surface area contributed by atoms with Crippen LogP contribution in [0.15, 0.2) is 48.5 Å². The molecule has 0 aliphatic rings. The Morgan fingerprint density at radius 3 is 2.11 bits per heavy atom. The molecule has 1 amide bonds. The summed E-state index contributed by atoms with van der Waals surface area (Å²) in [7, 11) is 3.21. The van der Waals surface area contributed by atoms with Crippen LogP contribution in [0.1, 0.15) is 13.3 Å². The lowest BCUT2D eigenvalue weighted by molar-refractivity contribution is -0.122. The molecule has 0 fully saturated rings. The minimum absolute atomic E-state index is 0.268. The zero-order valence-corrected chi connectivity index (χ0v) is 16.7. The predicted molar refractivity (Wildman–Crippen MR) is 108 cm³/mol. The fourth-order valence-electron chi connectivity index (χ4n) is 2.45. The van der Waals surface area contributed by atoms with Crippen molar-refractivity contribution in [2.75, 3.05) is 19.5 Å². The van der Waals surface area contributed by atoms with E-state index in [1.807, 2.05) is 31.2 Å². The summed E-state index contributed by atoms with van der Waals surface area (Å²) in [5.74, 6) is 1.82. The Balaban J connectivity index is 1.64. The smallest absolute Gasteiger partial charge is 0.267 e. The largest absolute Gasteiger partial charge is 0.497 e. The van der Waals surface area contributed by atoms with Gasteiger partial charge in [-0.3, -0.25) is 10.1 Å². The number of aromatic nitrogens is 2. The first kappa shape index (κ1) is 19.6. The van der Waals surface area contributed by atoms with Crippen LogP contribution >= 0.6 is 11.3 Å². The summed E-state index contributed by atoms with van der Waals surface area (Å²) in [5, 5.41) is 12.1. The monoisotopic (exact) mass is 399 g/mol. The van der Waals surface area contributed by atoms with Gasteiger partial charge in [-0.05, 0) is 55.0 Å². The number of ether oxygens (including phenoxy) is 3. The topological polar surface area (TPSA) is 82.6 Å². The molecule has 1 unspecified atom stereocenters. The Hall–Kier alpha value is -3.13. The average Bonchev–Trinajstić information content (AvgIpc) is 3.20. The molecule has 28 heavy (non-hydrogen) atoms. The fourth-order valence-corrected chi connectivity index (χ4v) is 3.20. The number of benzene rings is 2. The molecule has 0 saturated carbocycles. The van der Waals surface area contributed by atoms with Gasteiger partial charge in [0.1, 0.15) is 22.3 Å². The first-order valence-corrected chi connectivity index (χ1v) is 9.54. The molecule has 3 rings (SSSR count). The van der Waals surface area contributed by atoms with Gasteiger partial charge in [0.05, 0.1) is 14.2 Å². The lowest BCUT2D eigenvalue weighted by atomic mass is 10.2. The first-order chi connectivity index (χ1) is 13.6. The van der Waals surface area contributed by atoms with Crippen molar-refractivity contribution < 1.29 is 19.0 Å². The maximum absolute atomic E-state index is 12.6. The fraction of sp³-hybridized carbons (Fsp3) is 0.250. The van der Waals surface area contributed by atoms with Gasteiger partial charge in [0, 0.05) is 5.56 Å². The SMILES string of the molecule is CCC(Oc1ccc(OC)cc1)C(=O)Nc1nnc(-c2ccc(OC)cc2)s1. The summed E-state index contributed by atoms with van der Waals surface area (Å²) in [6.07, 6.45) is -0.121. The van der Waals surface area contributed by atoms with E-state index in [1.165, 1.54) is 11.3 Å². The van der Waals surface area contributed by atoms with E-state index in [0.29, 0.717) is 22.3 Å². The van der Waals surface area contributed by atoms with Crippen molar-refractivity contribution in [1.82, 2.24) is 10.2 Å². The van der Waals surface area contributed by atoms with Crippen LogP contribution in [0.2, 0.25) is 0 Å². The lowest BCUT2D eigenvalue weighted by Crippen LogP contribution is -2.32. The average molecular weight is 399 g/mol. The van der Waals surface area contributed by atoms with Gasteiger partial charge in [-0.25, -0.2) is 0 Å². The van der Waals surface area contributed by atoms with Gasteiger partial charge in [-0.2, -0.15) is 0 Å². The molecular weight excluding hydrogens is 378 g/mol. The number of methoxy groups -OCH3 is 2. The number of rotatable bonds is 8. The number of hydrogen-bond donors (Lipinski definition) is 1. The highest BCUT2D eigenvalue weighted by Gasteiger charge is 2.20. The molecule has 0 aliphatic heterocycles. The second kappa shape index (κ2) is 9.18. The molecule has 0 bridgehead atoms. The third-order valence-corrected chi connectivity index (χ3v) is 4.88. The number of carbonyl (C=O) groups is 1. The summed E-state index contributed by atoms with van der Waals surface area (Å²) < 4.78 is 16.1. The maximum atomic E-state index is 12.6. The van der Waals surface area contributed by atoms with Crippen molar-refractivity contribution in [3.05, 3.63) is 48.5 Å². The van der Waals surface area contributed by atoms with Crippen molar-refractivity contribution >= 4 is 22.4 Å². The van der Waals surface area contributed by atoms with Crippen LogP contribution in [0.5, 0.6) is 17.2 Å². The Morgan fingerprint density at radius 2 is 1.54 bits per heavy atom. The molecule has 146 valence electrons. The second-order valence-electron chi connectivity index (χ2n) is 5.82. The molecule has 1 heterocycles. The highest BCUT2D eigenvalue weighted by molar-refractivity contribution is 7.18. The minimum atomic E-state index is -0.637. The van der Waals surface area contributed by atoms with Crippen LogP contribution in [0.3, 0.4) is 0 Å². The number of carbonyl (C=O) groups excluding carboxylic acids is 1. The van der Waals surface area contributed by atoms with Crippen LogP contribution in [0.25, 0.3) is 10.6 Å². The second-order valence-corrected chi connectivity index (χ2v) is 6.80. The first-order valence-electron chi connectivity index (χ1n) is 8.72. The van der Waals surface area contributed by atoms with Crippen molar-refractivity contribution in [3.8, 4) is 27.8 Å². The Labute approximate surface area is 167 Å². The van der Waals surface area contributed by atoms with Gasteiger partial charge in [0.2, 0.25) is 5.13 Å². The predicted octanol–water partition coefficient (Wildman–Crippen LogP) is 4.02. The van der Waals surface area contributed by atoms with Crippen LogP contribution < -0.4 is 19.5 Å². The van der Waals surface area contributed by atoms with E-state index in [9.17, 15) is 4.79 Å². The van der Waals surface area contributed by atoms with Gasteiger partial charge in [0.15, 0.2) is 6.10 Å². The van der Waals surface area contributed by atoms with E-state index in [-0.39, 0.29) is 5.91 Å². The number of hydrogen-bond acceptors (Lipinski definition) is 7. The molecule has 0 spiro atoms. The Morgan fingerprint density at radius 1 is 0.964 bits per heavy atom. The third-order valence-electron chi connectivity index (χ3n) is 3.99. The summed E-state index contributed by atoms with van der Waals surface area (Å²) in [5.41, 5.74) is 0.903. The zero-order chi connectivity index (χ0) is 19.9. The molecular formula is C20H21N3O4S. The van der Waals surface area contributed by atoms with Crippen molar-refractivity contribution in [2.45, 2.75) is 19.4 Å². The van der Waals surface area contributed by atoms with Crippen LogP contribution in [0.4, 0.5) is 5.13 Å². The van der Waals surface area contributed by atoms with E-state index in [1.54, 1.807) is 38.5 Å². The van der Waals surface area contributed by atoms with E-state index >= 15 is 0 Å². The number of amides is 1. The van der Waals surface area contributed by atoms with E-state index in [2.05, 4.69) is 15.5 Å². The van der Waals surface area contributed by atoms with Crippen LogP contribution in [-0.4, -0.2) is 36.4 Å². The maximum Gasteiger partial charge on any atom is 0.267 e. The van der Waals surface area contributed by atoms with Gasteiger partial charge in [-0.1, -0.05) is 18.3 Å². The van der Waals surface area contributed by atoms with Crippen LogP contribution in [-0.2, 0) is 4.79 Å². The van der Waals surface area contributed by atoms with E-state index in [4.69, 9.17) is 14.2 Å².